The molecule has 0 amide bonds. The Morgan fingerprint density at radius 3 is 2.37 bits per heavy atom. The Hall–Kier alpha value is -1.58. The van der Waals surface area contributed by atoms with E-state index in [1.54, 1.807) is 0 Å². The van der Waals surface area contributed by atoms with Crippen LogP contribution in [0, 0.1) is 6.92 Å². The molecular weight excluding hydrogens is 240 g/mol. The van der Waals surface area contributed by atoms with Gasteiger partial charge in [-0.2, -0.15) is 0 Å². The van der Waals surface area contributed by atoms with Gasteiger partial charge in [0.25, 0.3) is 0 Å². The van der Waals surface area contributed by atoms with Crippen molar-refractivity contribution in [2.75, 3.05) is 6.61 Å². The molecule has 0 heterocycles. The zero-order valence-corrected chi connectivity index (χ0v) is 11.6. The number of rotatable bonds is 5. The second-order valence-electron chi connectivity index (χ2n) is 4.57. The largest absolute Gasteiger partial charge is 0.494 e. The monoisotopic (exact) mass is 262 g/mol. The average molecular weight is 262 g/mol. The van der Waals surface area contributed by atoms with Crippen LogP contribution in [0.25, 0.3) is 10.8 Å². The molecule has 2 N–H and O–H groups in total. The van der Waals surface area contributed by atoms with E-state index >= 15 is 0 Å². The second-order valence-corrected chi connectivity index (χ2v) is 4.57. The Morgan fingerprint density at radius 2 is 1.63 bits per heavy atom. The lowest BCUT2D eigenvalue weighted by Crippen LogP contribution is -1.96. The Balaban J connectivity index is 0.000000861. The average Bonchev–Trinajstić information content (AvgIpc) is 2.46. The minimum Gasteiger partial charge on any atom is -0.494 e. The van der Waals surface area contributed by atoms with E-state index in [2.05, 4.69) is 50.2 Å². The molecule has 0 saturated heterocycles. The number of unbranched alkanes of at least 4 members (excludes halogenated alkanes) is 2. The first-order chi connectivity index (χ1) is 9.29. The van der Waals surface area contributed by atoms with Crippen molar-refractivity contribution in [2.24, 2.45) is 0 Å². The van der Waals surface area contributed by atoms with Crippen LogP contribution < -0.4 is 4.74 Å². The maximum absolute atomic E-state index is 6.00. The van der Waals surface area contributed by atoms with Crippen LogP contribution >= 0.6 is 0 Å². The highest BCUT2D eigenvalue weighted by molar-refractivity contribution is 5.84. The summed E-state index contributed by atoms with van der Waals surface area (Å²) < 4.78 is 5.75. The van der Waals surface area contributed by atoms with E-state index in [0.717, 1.165) is 18.8 Å². The minimum atomic E-state index is 0.825. The van der Waals surface area contributed by atoms with Gasteiger partial charge in [0.1, 0.15) is 5.75 Å². The zero-order valence-electron chi connectivity index (χ0n) is 11.6. The van der Waals surface area contributed by atoms with Crippen LogP contribution in [0.5, 0.6) is 5.75 Å². The Bertz CT molecular complexity index is 494. The van der Waals surface area contributed by atoms with Crippen LogP contribution in [-0.2, 0) is 0 Å². The van der Waals surface area contributed by atoms with E-state index < -0.39 is 0 Å². The normalized spacial score (nSPS) is 9.89. The SMILES string of the molecule is CCCCCOc1ccc2cc(C)ccc2c1.OO. The van der Waals surface area contributed by atoms with Gasteiger partial charge in [-0.3, -0.25) is 10.5 Å². The molecule has 104 valence electrons. The van der Waals surface area contributed by atoms with Gasteiger partial charge in [-0.1, -0.05) is 49.6 Å². The summed E-state index contributed by atoms with van der Waals surface area (Å²) in [5, 5.41) is 14.5. The van der Waals surface area contributed by atoms with Crippen LogP contribution in [-0.4, -0.2) is 17.1 Å². The fourth-order valence-electron chi connectivity index (χ4n) is 1.98. The summed E-state index contributed by atoms with van der Waals surface area (Å²) in [7, 11) is 0. The van der Waals surface area contributed by atoms with E-state index in [9.17, 15) is 0 Å². The molecule has 0 atom stereocenters. The van der Waals surface area contributed by atoms with Gasteiger partial charge in [0, 0.05) is 0 Å². The van der Waals surface area contributed by atoms with E-state index in [0.29, 0.717) is 0 Å². The van der Waals surface area contributed by atoms with E-state index in [1.807, 2.05) is 0 Å². The molecule has 3 nitrogen and oxygen atoms in total. The molecule has 0 aliphatic carbocycles. The number of hydrogen-bond donors (Lipinski definition) is 2. The first-order valence-corrected chi connectivity index (χ1v) is 6.63. The first-order valence-electron chi connectivity index (χ1n) is 6.63. The van der Waals surface area contributed by atoms with E-state index in [1.165, 1.54) is 29.2 Å². The van der Waals surface area contributed by atoms with Crippen molar-refractivity contribution in [2.45, 2.75) is 33.1 Å². The van der Waals surface area contributed by atoms with Crippen molar-refractivity contribution in [1.29, 1.82) is 0 Å². The number of aryl methyl sites for hydroxylation is 1. The number of benzene rings is 2. The number of hydrogen-bond acceptors (Lipinski definition) is 3. The molecule has 3 heteroatoms. The van der Waals surface area contributed by atoms with Gasteiger partial charge in [-0.15, -0.1) is 0 Å². The Morgan fingerprint density at radius 1 is 0.947 bits per heavy atom. The molecule has 0 spiro atoms. The van der Waals surface area contributed by atoms with Gasteiger partial charge in [0.15, 0.2) is 0 Å². The molecule has 19 heavy (non-hydrogen) atoms. The Kier molecular flexibility index (Phi) is 6.93. The van der Waals surface area contributed by atoms with Crippen molar-refractivity contribution in [3.63, 3.8) is 0 Å². The van der Waals surface area contributed by atoms with Gasteiger partial charge in [0.2, 0.25) is 0 Å². The van der Waals surface area contributed by atoms with Crippen LogP contribution in [0.4, 0.5) is 0 Å². The molecule has 0 saturated carbocycles. The highest BCUT2D eigenvalue weighted by Gasteiger charge is 1.98. The van der Waals surface area contributed by atoms with Crippen LogP contribution in [0.3, 0.4) is 0 Å². The second kappa shape index (κ2) is 8.51. The number of ether oxygens (including phenoxy) is 1. The van der Waals surface area contributed by atoms with Crippen molar-refractivity contribution < 1.29 is 15.3 Å². The third-order valence-corrected chi connectivity index (χ3v) is 2.98. The zero-order chi connectivity index (χ0) is 14.1. The predicted molar refractivity (Wildman–Crippen MR) is 79.0 cm³/mol. The maximum atomic E-state index is 6.00. The minimum absolute atomic E-state index is 0.825. The molecule has 2 rings (SSSR count). The van der Waals surface area contributed by atoms with Crippen LogP contribution in [0.2, 0.25) is 0 Å². The standard InChI is InChI=1S/C16H20O.H2O2/c1-3-4-5-10-17-16-9-8-14-11-13(2)6-7-15(14)12-16;1-2/h6-9,11-12H,3-5,10H2,1-2H3;1-2H. The highest BCUT2D eigenvalue weighted by atomic mass is 17.0. The van der Waals surface area contributed by atoms with Gasteiger partial charge in [0.05, 0.1) is 6.61 Å². The maximum Gasteiger partial charge on any atom is 0.119 e. The van der Waals surface area contributed by atoms with Gasteiger partial charge in [-0.25, -0.2) is 0 Å². The van der Waals surface area contributed by atoms with E-state index in [-0.39, 0.29) is 0 Å². The van der Waals surface area contributed by atoms with Crippen molar-refractivity contribution in [1.82, 2.24) is 0 Å². The van der Waals surface area contributed by atoms with Crippen molar-refractivity contribution in [3.8, 4) is 5.75 Å². The third-order valence-electron chi connectivity index (χ3n) is 2.98. The first kappa shape index (κ1) is 15.5. The van der Waals surface area contributed by atoms with Gasteiger partial charge >= 0.3 is 0 Å². The van der Waals surface area contributed by atoms with Crippen LogP contribution in [0.15, 0.2) is 36.4 Å². The quantitative estimate of drug-likeness (QED) is 0.465. The third kappa shape index (κ3) is 4.89. The lowest BCUT2D eigenvalue weighted by Gasteiger charge is -2.07. The topological polar surface area (TPSA) is 49.7 Å². The molecule has 0 fully saturated rings. The molecule has 2 aromatic carbocycles. The summed E-state index contributed by atoms with van der Waals surface area (Å²) in [5.41, 5.74) is 1.30. The molecule has 0 radical (unpaired) electrons. The summed E-state index contributed by atoms with van der Waals surface area (Å²) in [5.74, 6) is 0.984. The number of fused-ring (bicyclic) bond motifs is 1. The molecule has 0 aromatic heterocycles. The molecule has 0 aliphatic rings. The Labute approximate surface area is 114 Å². The van der Waals surface area contributed by atoms with Crippen LogP contribution in [0.1, 0.15) is 31.7 Å². The smallest absolute Gasteiger partial charge is 0.119 e. The molecular formula is C16H22O3. The molecule has 0 bridgehead atoms. The van der Waals surface area contributed by atoms with E-state index in [4.69, 9.17) is 15.3 Å². The summed E-state index contributed by atoms with van der Waals surface area (Å²) in [6.45, 7) is 5.15. The fourth-order valence-corrected chi connectivity index (χ4v) is 1.98. The van der Waals surface area contributed by atoms with Crippen molar-refractivity contribution >= 4 is 10.8 Å². The molecule has 0 aliphatic heterocycles. The fraction of sp³-hybridized carbons (Fsp3) is 0.375. The van der Waals surface area contributed by atoms with Gasteiger partial charge in [-0.05, 0) is 36.2 Å². The molecule has 0 unspecified atom stereocenters. The summed E-state index contributed by atoms with van der Waals surface area (Å²) in [6, 6.07) is 12.8. The lowest BCUT2D eigenvalue weighted by atomic mass is 10.1. The summed E-state index contributed by atoms with van der Waals surface area (Å²) in [6.07, 6.45) is 3.62. The summed E-state index contributed by atoms with van der Waals surface area (Å²) >= 11 is 0. The lowest BCUT2D eigenvalue weighted by molar-refractivity contribution is -0.176. The summed E-state index contributed by atoms with van der Waals surface area (Å²) in [4.78, 5) is 0. The highest BCUT2D eigenvalue weighted by Crippen LogP contribution is 2.22. The predicted octanol–water partition coefficient (Wildman–Crippen LogP) is 4.73. The molecule has 2 aromatic rings. The van der Waals surface area contributed by atoms with Crippen molar-refractivity contribution in [3.05, 3.63) is 42.0 Å². The van der Waals surface area contributed by atoms with Gasteiger partial charge < -0.3 is 4.74 Å².